The fraction of sp³-hybridized carbons (Fsp3) is 0.286. The maximum Gasteiger partial charge on any atom is 0.254 e. The van der Waals surface area contributed by atoms with E-state index >= 15 is 0 Å². The highest BCUT2D eigenvalue weighted by Crippen LogP contribution is 2.37. The summed E-state index contributed by atoms with van der Waals surface area (Å²) in [5, 5.41) is 8.91. The highest BCUT2D eigenvalue weighted by atomic mass is 16.5. The van der Waals surface area contributed by atoms with Crippen molar-refractivity contribution in [3.63, 3.8) is 0 Å². The molecule has 0 spiro atoms. The molecule has 0 radical (unpaired) electrons. The molecule has 4 aromatic rings. The van der Waals surface area contributed by atoms with Gasteiger partial charge in [-0.05, 0) is 49.7 Å². The topological polar surface area (TPSA) is 75.2 Å². The largest absolute Gasteiger partial charge is 0.496 e. The van der Waals surface area contributed by atoms with Crippen LogP contribution in [0.15, 0.2) is 54.7 Å². The van der Waals surface area contributed by atoms with Gasteiger partial charge in [0, 0.05) is 53.0 Å². The third kappa shape index (κ3) is 3.72. The van der Waals surface area contributed by atoms with Gasteiger partial charge >= 0.3 is 0 Å². The Kier molecular flexibility index (Phi) is 5.41. The number of nitrogens with one attached hydrogen (secondary N) is 2. The lowest BCUT2D eigenvalue weighted by atomic mass is 9.98. The molecule has 7 heteroatoms. The molecule has 35 heavy (non-hydrogen) atoms. The summed E-state index contributed by atoms with van der Waals surface area (Å²) in [4.78, 5) is 19.3. The lowest BCUT2D eigenvalue weighted by Crippen LogP contribution is -2.26. The zero-order valence-electron chi connectivity index (χ0n) is 20.1. The van der Waals surface area contributed by atoms with Gasteiger partial charge in [-0.25, -0.2) is 0 Å². The Hall–Kier alpha value is -3.84. The van der Waals surface area contributed by atoms with E-state index in [1.807, 2.05) is 52.2 Å². The first-order chi connectivity index (χ1) is 17.2. The number of aromatic nitrogens is 3. The van der Waals surface area contributed by atoms with Crippen molar-refractivity contribution in [3.05, 3.63) is 77.3 Å². The second-order valence-corrected chi connectivity index (χ2v) is 9.16. The number of nitrogens with zero attached hydrogens (tertiary/aromatic N) is 3. The van der Waals surface area contributed by atoms with E-state index in [4.69, 9.17) is 4.74 Å². The van der Waals surface area contributed by atoms with E-state index in [1.165, 1.54) is 5.57 Å². The Morgan fingerprint density at radius 2 is 2.03 bits per heavy atom. The summed E-state index contributed by atoms with van der Waals surface area (Å²) in [5.41, 5.74) is 8.23. The van der Waals surface area contributed by atoms with Crippen LogP contribution in [0.3, 0.4) is 0 Å². The number of ether oxygens (including phenoxy) is 1. The smallest absolute Gasteiger partial charge is 0.254 e. The SMILES string of the molecule is CCn1ncc2c1CN(C(=O)c1cc(-c3ccccc3OC)c3[nH]c(C4=CCCNC4)cc3c1)C2. The molecule has 6 rings (SSSR count). The molecule has 2 aromatic heterocycles. The second-order valence-electron chi connectivity index (χ2n) is 9.16. The van der Waals surface area contributed by atoms with Crippen LogP contribution in [0.2, 0.25) is 0 Å². The van der Waals surface area contributed by atoms with Crippen molar-refractivity contribution in [2.45, 2.75) is 33.0 Å². The van der Waals surface area contributed by atoms with Crippen LogP contribution in [0.4, 0.5) is 0 Å². The third-order valence-corrected chi connectivity index (χ3v) is 7.07. The molecule has 7 nitrogen and oxygen atoms in total. The summed E-state index contributed by atoms with van der Waals surface area (Å²) >= 11 is 0. The second kappa shape index (κ2) is 8.74. The molecule has 4 heterocycles. The van der Waals surface area contributed by atoms with Crippen LogP contribution >= 0.6 is 0 Å². The van der Waals surface area contributed by atoms with E-state index in [2.05, 4.69) is 34.5 Å². The van der Waals surface area contributed by atoms with E-state index in [1.54, 1.807) is 7.11 Å². The first-order valence-corrected chi connectivity index (χ1v) is 12.2. The quantitative estimate of drug-likeness (QED) is 0.450. The van der Waals surface area contributed by atoms with E-state index in [0.29, 0.717) is 18.7 Å². The standard InChI is InChI=1S/C28H29N5O2/c1-3-33-25-17-32(16-21(25)15-30-33)28(34)20-11-19-13-24(18-7-6-10-29-14-18)31-27(19)23(12-20)22-8-4-5-9-26(22)35-2/h4-5,7-9,11-13,15,29,31H,3,6,10,14,16-17H2,1-2H3. The number of benzene rings is 2. The van der Waals surface area contributed by atoms with Gasteiger partial charge in [0.2, 0.25) is 0 Å². The molecular weight excluding hydrogens is 438 g/mol. The van der Waals surface area contributed by atoms with Gasteiger partial charge in [-0.15, -0.1) is 0 Å². The summed E-state index contributed by atoms with van der Waals surface area (Å²) in [6.07, 6.45) is 5.19. The van der Waals surface area contributed by atoms with Crippen molar-refractivity contribution in [2.75, 3.05) is 20.2 Å². The molecule has 0 saturated carbocycles. The number of carbonyl (C=O) groups excluding carboxylic acids is 1. The van der Waals surface area contributed by atoms with Crippen LogP contribution in [0, 0.1) is 0 Å². The monoisotopic (exact) mass is 467 g/mol. The molecule has 0 aliphatic carbocycles. The number of hydrogen-bond donors (Lipinski definition) is 2. The van der Waals surface area contributed by atoms with Gasteiger partial charge in [0.15, 0.2) is 0 Å². The van der Waals surface area contributed by atoms with Gasteiger partial charge in [0.05, 0.1) is 31.1 Å². The van der Waals surface area contributed by atoms with Crippen molar-refractivity contribution < 1.29 is 9.53 Å². The van der Waals surface area contributed by atoms with Crippen LogP contribution < -0.4 is 10.1 Å². The van der Waals surface area contributed by atoms with E-state index in [-0.39, 0.29) is 5.91 Å². The number of rotatable bonds is 5. The number of methoxy groups -OCH3 is 1. The molecular formula is C28H29N5O2. The molecule has 2 aromatic carbocycles. The fourth-order valence-corrected chi connectivity index (χ4v) is 5.27. The number of carbonyl (C=O) groups is 1. The van der Waals surface area contributed by atoms with Gasteiger partial charge in [-0.1, -0.05) is 24.3 Å². The lowest BCUT2D eigenvalue weighted by Gasteiger charge is -2.18. The lowest BCUT2D eigenvalue weighted by molar-refractivity contribution is 0.0748. The highest BCUT2D eigenvalue weighted by Gasteiger charge is 2.28. The van der Waals surface area contributed by atoms with Crippen LogP contribution in [-0.2, 0) is 19.6 Å². The van der Waals surface area contributed by atoms with Crippen LogP contribution in [-0.4, -0.2) is 45.8 Å². The molecule has 0 saturated heterocycles. The number of aromatic amines is 1. The highest BCUT2D eigenvalue weighted by molar-refractivity contribution is 6.05. The number of aryl methyl sites for hydroxylation is 1. The fourth-order valence-electron chi connectivity index (χ4n) is 5.27. The van der Waals surface area contributed by atoms with Crippen molar-refractivity contribution in [1.82, 2.24) is 25.0 Å². The van der Waals surface area contributed by atoms with Gasteiger partial charge < -0.3 is 19.9 Å². The minimum Gasteiger partial charge on any atom is -0.496 e. The predicted octanol–water partition coefficient (Wildman–Crippen LogP) is 4.59. The van der Waals surface area contributed by atoms with Gasteiger partial charge in [-0.3, -0.25) is 9.48 Å². The predicted molar refractivity (Wildman–Crippen MR) is 137 cm³/mol. The molecule has 1 amide bonds. The van der Waals surface area contributed by atoms with Crippen LogP contribution in [0.1, 0.15) is 40.7 Å². The molecule has 0 bridgehead atoms. The summed E-state index contributed by atoms with van der Waals surface area (Å²) < 4.78 is 7.67. The van der Waals surface area contributed by atoms with Gasteiger partial charge in [-0.2, -0.15) is 5.10 Å². The molecule has 2 aliphatic rings. The van der Waals surface area contributed by atoms with Crippen LogP contribution in [0.25, 0.3) is 27.6 Å². The molecule has 178 valence electrons. The van der Waals surface area contributed by atoms with E-state index in [0.717, 1.165) is 70.8 Å². The van der Waals surface area contributed by atoms with E-state index in [9.17, 15) is 4.79 Å². The zero-order chi connectivity index (χ0) is 23.9. The molecule has 2 aliphatic heterocycles. The summed E-state index contributed by atoms with van der Waals surface area (Å²) in [7, 11) is 1.68. The molecule has 0 atom stereocenters. The third-order valence-electron chi connectivity index (χ3n) is 7.07. The van der Waals surface area contributed by atoms with Crippen molar-refractivity contribution in [2.24, 2.45) is 0 Å². The minimum absolute atomic E-state index is 0.0307. The average molecular weight is 468 g/mol. The van der Waals surface area contributed by atoms with Crippen molar-refractivity contribution in [1.29, 1.82) is 0 Å². The van der Waals surface area contributed by atoms with Gasteiger partial charge in [0.1, 0.15) is 5.75 Å². The Labute approximate surface area is 204 Å². The maximum absolute atomic E-state index is 13.7. The summed E-state index contributed by atoms with van der Waals surface area (Å²) in [6.45, 7) is 5.89. The summed E-state index contributed by atoms with van der Waals surface area (Å²) in [5.74, 6) is 0.813. The number of hydrogen-bond acceptors (Lipinski definition) is 4. The summed E-state index contributed by atoms with van der Waals surface area (Å²) in [6, 6.07) is 14.2. The van der Waals surface area contributed by atoms with Crippen molar-refractivity contribution >= 4 is 22.4 Å². The Morgan fingerprint density at radius 3 is 2.83 bits per heavy atom. The normalized spacial score (nSPS) is 15.4. The van der Waals surface area contributed by atoms with Crippen LogP contribution in [0.5, 0.6) is 5.75 Å². The number of H-pyrrole nitrogens is 1. The molecule has 0 unspecified atom stereocenters. The Balaban J connectivity index is 1.46. The minimum atomic E-state index is 0.0307. The number of fused-ring (bicyclic) bond motifs is 2. The first kappa shape index (κ1) is 21.7. The Bertz CT molecular complexity index is 1460. The Morgan fingerprint density at radius 1 is 1.14 bits per heavy atom. The van der Waals surface area contributed by atoms with E-state index < -0.39 is 0 Å². The van der Waals surface area contributed by atoms with Crippen molar-refractivity contribution in [3.8, 4) is 16.9 Å². The maximum atomic E-state index is 13.7. The first-order valence-electron chi connectivity index (χ1n) is 12.2. The molecule has 2 N–H and O–H groups in total. The van der Waals surface area contributed by atoms with Gasteiger partial charge in [0.25, 0.3) is 5.91 Å². The molecule has 0 fully saturated rings. The zero-order valence-corrected chi connectivity index (χ0v) is 20.1. The number of amides is 1. The average Bonchev–Trinajstić information content (AvgIpc) is 3.62. The number of para-hydroxylation sites is 1.